The third kappa shape index (κ3) is 2.90. The zero-order chi connectivity index (χ0) is 9.80. The highest BCUT2D eigenvalue weighted by Gasteiger charge is 2.23. The van der Waals surface area contributed by atoms with E-state index in [-0.39, 0.29) is 0 Å². The minimum atomic E-state index is 0.763. The lowest BCUT2D eigenvalue weighted by atomic mass is 9.84. The highest BCUT2D eigenvalue weighted by Crippen LogP contribution is 2.27. The lowest BCUT2D eigenvalue weighted by Crippen LogP contribution is -2.41. The predicted octanol–water partition coefficient (Wildman–Crippen LogP) is 3.05. The molecule has 0 amide bonds. The van der Waals surface area contributed by atoms with E-state index in [1.54, 1.807) is 0 Å². The number of nitrogens with one attached hydrogen (secondary N) is 1. The van der Waals surface area contributed by atoms with Crippen LogP contribution in [0.25, 0.3) is 0 Å². The van der Waals surface area contributed by atoms with Crippen molar-refractivity contribution in [3.63, 3.8) is 0 Å². The van der Waals surface area contributed by atoms with Crippen LogP contribution in [0.1, 0.15) is 45.4 Å². The van der Waals surface area contributed by atoms with Crippen molar-refractivity contribution in [3.05, 3.63) is 0 Å². The topological polar surface area (TPSA) is 12.0 Å². The molecule has 2 aliphatic rings. The maximum absolute atomic E-state index is 3.83. The molecule has 0 spiro atoms. The average molecular weight is 213 g/mol. The molecule has 0 aromatic carbocycles. The van der Waals surface area contributed by atoms with Gasteiger partial charge in [-0.25, -0.2) is 0 Å². The SMILES string of the molecule is C[C@@H](NC1CCSC1)C1CCCCC1. The molecule has 1 aliphatic heterocycles. The molecule has 1 N–H and O–H groups in total. The van der Waals surface area contributed by atoms with Crippen molar-refractivity contribution in [1.82, 2.24) is 5.32 Å². The normalized spacial score (nSPS) is 31.9. The van der Waals surface area contributed by atoms with E-state index in [1.807, 2.05) is 0 Å². The van der Waals surface area contributed by atoms with E-state index >= 15 is 0 Å². The molecule has 0 aromatic rings. The van der Waals surface area contributed by atoms with Gasteiger partial charge in [0.2, 0.25) is 0 Å². The first kappa shape index (κ1) is 10.8. The van der Waals surface area contributed by atoms with E-state index < -0.39 is 0 Å². The van der Waals surface area contributed by atoms with E-state index in [2.05, 4.69) is 24.0 Å². The van der Waals surface area contributed by atoms with E-state index in [9.17, 15) is 0 Å². The van der Waals surface area contributed by atoms with Crippen LogP contribution in [0.15, 0.2) is 0 Å². The molecule has 2 atom stereocenters. The standard InChI is InChI=1S/C12H23NS/c1-10(11-5-3-2-4-6-11)13-12-7-8-14-9-12/h10-13H,2-9H2,1H3/t10-,12?/m1/s1. The summed E-state index contributed by atoms with van der Waals surface area (Å²) in [6, 6.07) is 1.58. The Morgan fingerprint density at radius 1 is 1.14 bits per heavy atom. The third-order valence-electron chi connectivity index (χ3n) is 3.79. The summed E-state index contributed by atoms with van der Waals surface area (Å²) < 4.78 is 0. The van der Waals surface area contributed by atoms with Gasteiger partial charge in [-0.3, -0.25) is 0 Å². The highest BCUT2D eigenvalue weighted by atomic mass is 32.2. The molecule has 0 radical (unpaired) electrons. The van der Waals surface area contributed by atoms with Gasteiger partial charge in [-0.15, -0.1) is 0 Å². The fraction of sp³-hybridized carbons (Fsp3) is 1.00. The molecule has 82 valence electrons. The minimum Gasteiger partial charge on any atom is -0.310 e. The van der Waals surface area contributed by atoms with Gasteiger partial charge in [0.1, 0.15) is 0 Å². The Labute approximate surface area is 92.4 Å². The molecule has 14 heavy (non-hydrogen) atoms. The maximum Gasteiger partial charge on any atom is 0.0168 e. The van der Waals surface area contributed by atoms with Crippen molar-refractivity contribution < 1.29 is 0 Å². The molecule has 1 saturated heterocycles. The third-order valence-corrected chi connectivity index (χ3v) is 4.95. The molecule has 0 aromatic heterocycles. The Hall–Kier alpha value is 0.310. The smallest absolute Gasteiger partial charge is 0.0168 e. The van der Waals surface area contributed by atoms with E-state index in [1.165, 1.54) is 50.0 Å². The summed E-state index contributed by atoms with van der Waals surface area (Å²) in [6.07, 6.45) is 8.73. The molecule has 1 heterocycles. The molecular formula is C12H23NS. The van der Waals surface area contributed by atoms with Crippen LogP contribution in [0.3, 0.4) is 0 Å². The summed E-state index contributed by atoms with van der Waals surface area (Å²) >= 11 is 2.11. The predicted molar refractivity (Wildman–Crippen MR) is 64.9 cm³/mol. The molecule has 0 bridgehead atoms. The second kappa shape index (κ2) is 5.41. The monoisotopic (exact) mass is 213 g/mol. The van der Waals surface area contributed by atoms with Crippen molar-refractivity contribution in [2.75, 3.05) is 11.5 Å². The van der Waals surface area contributed by atoms with Gasteiger partial charge in [0.05, 0.1) is 0 Å². The quantitative estimate of drug-likeness (QED) is 0.773. The number of hydrogen-bond acceptors (Lipinski definition) is 2. The van der Waals surface area contributed by atoms with Crippen LogP contribution >= 0.6 is 11.8 Å². The van der Waals surface area contributed by atoms with Crippen molar-refractivity contribution in [2.24, 2.45) is 5.92 Å². The molecule has 2 fully saturated rings. The Kier molecular flexibility index (Phi) is 4.18. The molecule has 2 heteroatoms. The van der Waals surface area contributed by atoms with Crippen LogP contribution < -0.4 is 5.32 Å². The zero-order valence-corrected chi connectivity index (χ0v) is 10.1. The highest BCUT2D eigenvalue weighted by molar-refractivity contribution is 7.99. The van der Waals surface area contributed by atoms with Crippen LogP contribution in [0, 0.1) is 5.92 Å². The Bertz CT molecular complexity index is 160. The van der Waals surface area contributed by atoms with Crippen molar-refractivity contribution in [1.29, 1.82) is 0 Å². The Balaban J connectivity index is 1.72. The lowest BCUT2D eigenvalue weighted by Gasteiger charge is -2.30. The Morgan fingerprint density at radius 3 is 2.57 bits per heavy atom. The summed E-state index contributed by atoms with van der Waals surface area (Å²) in [6.45, 7) is 2.40. The first-order chi connectivity index (χ1) is 6.86. The van der Waals surface area contributed by atoms with Gasteiger partial charge in [0.25, 0.3) is 0 Å². The zero-order valence-electron chi connectivity index (χ0n) is 9.30. The Morgan fingerprint density at radius 2 is 1.93 bits per heavy atom. The van der Waals surface area contributed by atoms with Crippen LogP contribution in [-0.2, 0) is 0 Å². The van der Waals surface area contributed by atoms with E-state index in [4.69, 9.17) is 0 Å². The van der Waals surface area contributed by atoms with Gasteiger partial charge in [0, 0.05) is 17.8 Å². The first-order valence-corrected chi connectivity index (χ1v) is 7.35. The minimum absolute atomic E-state index is 0.763. The summed E-state index contributed by atoms with van der Waals surface area (Å²) in [5.41, 5.74) is 0. The maximum atomic E-state index is 3.83. The number of hydrogen-bond donors (Lipinski definition) is 1. The van der Waals surface area contributed by atoms with E-state index in [0.717, 1.165) is 18.0 Å². The van der Waals surface area contributed by atoms with Crippen molar-refractivity contribution in [2.45, 2.75) is 57.5 Å². The number of rotatable bonds is 3. The van der Waals surface area contributed by atoms with Gasteiger partial charge in [-0.2, -0.15) is 11.8 Å². The van der Waals surface area contributed by atoms with Crippen LogP contribution in [0.4, 0.5) is 0 Å². The summed E-state index contributed by atoms with van der Waals surface area (Å²) in [7, 11) is 0. The van der Waals surface area contributed by atoms with Crippen LogP contribution in [0.5, 0.6) is 0 Å². The largest absolute Gasteiger partial charge is 0.310 e. The summed E-state index contributed by atoms with van der Waals surface area (Å²) in [4.78, 5) is 0. The van der Waals surface area contributed by atoms with Crippen LogP contribution in [-0.4, -0.2) is 23.6 Å². The second-order valence-corrected chi connectivity index (χ2v) is 6.06. The van der Waals surface area contributed by atoms with Gasteiger partial charge in [-0.05, 0) is 37.9 Å². The fourth-order valence-corrected chi connectivity index (χ4v) is 3.97. The van der Waals surface area contributed by atoms with Gasteiger partial charge < -0.3 is 5.32 Å². The second-order valence-electron chi connectivity index (χ2n) is 4.91. The molecule has 1 saturated carbocycles. The van der Waals surface area contributed by atoms with Crippen LogP contribution in [0.2, 0.25) is 0 Å². The fourth-order valence-electron chi connectivity index (χ4n) is 2.81. The lowest BCUT2D eigenvalue weighted by molar-refractivity contribution is 0.268. The molecule has 2 rings (SSSR count). The molecule has 1 nitrogen and oxygen atoms in total. The molecule has 1 unspecified atom stereocenters. The van der Waals surface area contributed by atoms with Gasteiger partial charge in [-0.1, -0.05) is 19.3 Å². The molecular weight excluding hydrogens is 190 g/mol. The molecule has 1 aliphatic carbocycles. The average Bonchev–Trinajstić information content (AvgIpc) is 2.72. The van der Waals surface area contributed by atoms with Gasteiger partial charge >= 0.3 is 0 Å². The van der Waals surface area contributed by atoms with E-state index in [0.29, 0.717) is 0 Å². The van der Waals surface area contributed by atoms with Crippen molar-refractivity contribution >= 4 is 11.8 Å². The number of thioether (sulfide) groups is 1. The first-order valence-electron chi connectivity index (χ1n) is 6.20. The summed E-state index contributed by atoms with van der Waals surface area (Å²) in [5, 5.41) is 3.83. The van der Waals surface area contributed by atoms with Crippen molar-refractivity contribution in [3.8, 4) is 0 Å². The van der Waals surface area contributed by atoms with Gasteiger partial charge in [0.15, 0.2) is 0 Å². The summed E-state index contributed by atoms with van der Waals surface area (Å²) in [5.74, 6) is 3.68.